The van der Waals surface area contributed by atoms with Crippen molar-refractivity contribution in [2.45, 2.75) is 45.6 Å². The third kappa shape index (κ3) is 5.16. The molecule has 6 nitrogen and oxygen atoms in total. The molecule has 1 fully saturated rings. The molecule has 1 unspecified atom stereocenters. The number of methoxy groups -OCH3 is 1. The fraction of sp³-hybridized carbons (Fsp3) is 0.706. The van der Waals surface area contributed by atoms with Gasteiger partial charge in [0.2, 0.25) is 0 Å². The molecule has 0 aromatic rings. The highest BCUT2D eigenvalue weighted by molar-refractivity contribution is 5.93. The first kappa shape index (κ1) is 19.4. The first-order valence-electron chi connectivity index (χ1n) is 7.75. The summed E-state index contributed by atoms with van der Waals surface area (Å²) >= 11 is 0. The van der Waals surface area contributed by atoms with E-state index >= 15 is 0 Å². The van der Waals surface area contributed by atoms with Gasteiger partial charge in [-0.25, -0.2) is 4.79 Å². The minimum atomic E-state index is -0.691. The van der Waals surface area contributed by atoms with Crippen LogP contribution < -0.4 is 0 Å². The topological polar surface area (TPSA) is 72.9 Å². The molecule has 130 valence electrons. The summed E-state index contributed by atoms with van der Waals surface area (Å²) in [4.78, 5) is 36.7. The zero-order chi connectivity index (χ0) is 17.7. The molecule has 1 aliphatic carbocycles. The van der Waals surface area contributed by atoms with Crippen molar-refractivity contribution < 1.29 is 23.9 Å². The van der Waals surface area contributed by atoms with E-state index in [4.69, 9.17) is 4.74 Å². The van der Waals surface area contributed by atoms with Crippen molar-refractivity contribution in [1.82, 2.24) is 4.90 Å². The maximum absolute atomic E-state index is 12.1. The maximum atomic E-state index is 12.1. The number of carbonyl (C=O) groups excluding carboxylic acids is 3. The summed E-state index contributed by atoms with van der Waals surface area (Å²) in [5.74, 6) is 0.0724. The van der Waals surface area contributed by atoms with Gasteiger partial charge in [0.1, 0.15) is 11.9 Å². The number of nitrogens with zero attached hydrogens (tertiary/aromatic N) is 1. The van der Waals surface area contributed by atoms with E-state index < -0.39 is 17.1 Å². The van der Waals surface area contributed by atoms with Crippen LogP contribution in [0, 0.1) is 5.41 Å². The zero-order valence-corrected chi connectivity index (χ0v) is 14.7. The van der Waals surface area contributed by atoms with Crippen LogP contribution in [0.15, 0.2) is 11.6 Å². The van der Waals surface area contributed by atoms with Crippen LogP contribution in [0.4, 0.5) is 4.79 Å². The Bertz CT molecular complexity index is 492. The first-order chi connectivity index (χ1) is 10.7. The molecule has 23 heavy (non-hydrogen) atoms. The lowest BCUT2D eigenvalue weighted by Gasteiger charge is -2.43. The Morgan fingerprint density at radius 2 is 1.91 bits per heavy atom. The average Bonchev–Trinajstić information content (AvgIpc) is 2.46. The molecular weight excluding hydrogens is 298 g/mol. The van der Waals surface area contributed by atoms with Crippen molar-refractivity contribution in [3.8, 4) is 0 Å². The van der Waals surface area contributed by atoms with E-state index in [0.717, 1.165) is 11.9 Å². The molecule has 0 bridgehead atoms. The van der Waals surface area contributed by atoms with Gasteiger partial charge in [0.25, 0.3) is 0 Å². The van der Waals surface area contributed by atoms with Crippen molar-refractivity contribution in [2.24, 2.45) is 5.41 Å². The number of allylic oxidation sites excluding steroid dienone is 1. The second-order valence-corrected chi connectivity index (χ2v) is 6.97. The maximum Gasteiger partial charge on any atom is 0.410 e. The number of likely N-dealkylation sites (tertiary alicyclic amines) is 1. The molecule has 1 aliphatic heterocycles. The molecule has 0 aromatic heterocycles. The highest BCUT2D eigenvalue weighted by Crippen LogP contribution is 2.40. The van der Waals surface area contributed by atoms with Crippen LogP contribution in [0.1, 0.15) is 40.0 Å². The lowest BCUT2D eigenvalue weighted by Crippen LogP contribution is -2.50. The molecule has 6 heteroatoms. The quantitative estimate of drug-likeness (QED) is 0.692. The molecule has 0 radical (unpaired) electrons. The van der Waals surface area contributed by atoms with Gasteiger partial charge in [-0.1, -0.05) is 0 Å². The van der Waals surface area contributed by atoms with Crippen LogP contribution in [0.5, 0.6) is 0 Å². The Morgan fingerprint density at radius 3 is 2.43 bits per heavy atom. The Balaban J connectivity index is 0.000000816. The van der Waals surface area contributed by atoms with Crippen molar-refractivity contribution >= 4 is 18.2 Å². The lowest BCUT2D eigenvalue weighted by atomic mass is 9.70. The number of aldehydes is 1. The highest BCUT2D eigenvalue weighted by atomic mass is 16.6. The predicted molar refractivity (Wildman–Crippen MR) is 86.2 cm³/mol. The van der Waals surface area contributed by atoms with Gasteiger partial charge >= 0.3 is 6.09 Å². The Kier molecular flexibility index (Phi) is 6.50. The van der Waals surface area contributed by atoms with Crippen LogP contribution in [-0.4, -0.2) is 56.0 Å². The van der Waals surface area contributed by atoms with E-state index in [9.17, 15) is 14.4 Å². The van der Waals surface area contributed by atoms with E-state index in [-0.39, 0.29) is 5.78 Å². The number of ether oxygens (including phenoxy) is 2. The minimum absolute atomic E-state index is 0.0724. The molecule has 0 spiro atoms. The molecule has 1 saturated heterocycles. The van der Waals surface area contributed by atoms with Crippen molar-refractivity contribution in [2.75, 3.05) is 27.3 Å². The Labute approximate surface area is 137 Å². The number of rotatable bonds is 1. The van der Waals surface area contributed by atoms with E-state index in [2.05, 4.69) is 4.74 Å². The van der Waals surface area contributed by atoms with Crippen LogP contribution in [0.25, 0.3) is 0 Å². The van der Waals surface area contributed by atoms with Gasteiger partial charge < -0.3 is 19.2 Å². The fourth-order valence-electron chi connectivity index (χ4n) is 2.75. The third-order valence-corrected chi connectivity index (χ3v) is 3.79. The van der Waals surface area contributed by atoms with Gasteiger partial charge in [0, 0.05) is 33.7 Å². The number of amides is 1. The normalized spacial score (nSPS) is 24.0. The number of fused-ring (bicyclic) bond motifs is 1. The van der Waals surface area contributed by atoms with Gasteiger partial charge in [0.05, 0.1) is 5.41 Å². The summed E-state index contributed by atoms with van der Waals surface area (Å²) in [6.45, 7) is 6.24. The number of carbonyl (C=O) groups is 3. The Morgan fingerprint density at radius 1 is 1.30 bits per heavy atom. The summed E-state index contributed by atoms with van der Waals surface area (Å²) < 4.78 is 9.60. The molecule has 0 aromatic carbocycles. The standard InChI is InChI=1S/C15H21NO4.C2H6O/c1-14(2,3)20-13(19)16-7-5-11-8-12(18)4-6-15(11,9-16)10-17;1-3-2/h8,10H,4-7,9H2,1-3H3;1-2H3. The molecular formula is C17H27NO5. The largest absolute Gasteiger partial charge is 0.444 e. The summed E-state index contributed by atoms with van der Waals surface area (Å²) in [6.07, 6.45) is 3.50. The van der Waals surface area contributed by atoms with E-state index in [0.29, 0.717) is 32.4 Å². The number of piperidine rings is 1. The SMILES string of the molecule is CC(C)(C)OC(=O)N1CCC2=CC(=O)CCC2(C=O)C1.COC. The lowest BCUT2D eigenvalue weighted by molar-refractivity contribution is -0.120. The van der Waals surface area contributed by atoms with E-state index in [1.807, 2.05) is 20.8 Å². The summed E-state index contributed by atoms with van der Waals surface area (Å²) in [6, 6.07) is 0. The molecule has 2 rings (SSSR count). The van der Waals surface area contributed by atoms with Crippen LogP contribution in [-0.2, 0) is 19.1 Å². The number of hydrogen-bond acceptors (Lipinski definition) is 5. The smallest absolute Gasteiger partial charge is 0.410 e. The van der Waals surface area contributed by atoms with Gasteiger partial charge in [-0.3, -0.25) is 4.79 Å². The summed E-state index contributed by atoms with van der Waals surface area (Å²) in [5, 5.41) is 0. The average molecular weight is 325 g/mol. The fourth-order valence-corrected chi connectivity index (χ4v) is 2.75. The van der Waals surface area contributed by atoms with Gasteiger partial charge in [-0.2, -0.15) is 0 Å². The third-order valence-electron chi connectivity index (χ3n) is 3.79. The van der Waals surface area contributed by atoms with E-state index in [1.165, 1.54) is 0 Å². The second-order valence-electron chi connectivity index (χ2n) is 6.97. The highest BCUT2D eigenvalue weighted by Gasteiger charge is 2.43. The monoisotopic (exact) mass is 325 g/mol. The number of hydrogen-bond donors (Lipinski definition) is 0. The predicted octanol–water partition coefficient (Wildman–Crippen LogP) is 2.36. The molecule has 0 N–H and O–H groups in total. The Hall–Kier alpha value is -1.69. The van der Waals surface area contributed by atoms with Crippen LogP contribution >= 0.6 is 0 Å². The first-order valence-corrected chi connectivity index (χ1v) is 7.75. The summed E-state index contributed by atoms with van der Waals surface area (Å²) in [7, 11) is 3.25. The van der Waals surface area contributed by atoms with Crippen LogP contribution in [0.2, 0.25) is 0 Å². The van der Waals surface area contributed by atoms with Crippen molar-refractivity contribution in [3.05, 3.63) is 11.6 Å². The number of ketones is 1. The van der Waals surface area contributed by atoms with Gasteiger partial charge in [-0.15, -0.1) is 0 Å². The zero-order valence-electron chi connectivity index (χ0n) is 14.7. The minimum Gasteiger partial charge on any atom is -0.444 e. The molecule has 1 amide bonds. The van der Waals surface area contributed by atoms with Gasteiger partial charge in [0.15, 0.2) is 5.78 Å². The van der Waals surface area contributed by atoms with Crippen molar-refractivity contribution in [1.29, 1.82) is 0 Å². The molecule has 1 heterocycles. The molecule has 0 saturated carbocycles. The van der Waals surface area contributed by atoms with Crippen LogP contribution in [0.3, 0.4) is 0 Å². The second kappa shape index (κ2) is 7.73. The van der Waals surface area contributed by atoms with Crippen molar-refractivity contribution in [3.63, 3.8) is 0 Å². The molecule has 2 aliphatic rings. The summed E-state index contributed by atoms with van der Waals surface area (Å²) in [5.41, 5.74) is -0.379. The van der Waals surface area contributed by atoms with E-state index in [1.54, 1.807) is 25.2 Å². The molecule has 1 atom stereocenters. The van der Waals surface area contributed by atoms with Gasteiger partial charge in [-0.05, 0) is 45.3 Å².